The molecule has 220 valence electrons. The summed E-state index contributed by atoms with van der Waals surface area (Å²) < 4.78 is 17.5. The molecular formula is C29H33FN8O4. The zero-order chi connectivity index (χ0) is 30.1. The van der Waals surface area contributed by atoms with Crippen LogP contribution in [0.5, 0.6) is 0 Å². The number of carbonyl (C=O) groups excluding carboxylic acids is 4. The summed E-state index contributed by atoms with van der Waals surface area (Å²) in [4.78, 5) is 54.5. The Morgan fingerprint density at radius 3 is 2.64 bits per heavy atom. The fourth-order valence-electron chi connectivity index (χ4n) is 5.58. The van der Waals surface area contributed by atoms with Crippen LogP contribution in [0.15, 0.2) is 48.7 Å². The van der Waals surface area contributed by atoms with E-state index in [0.29, 0.717) is 29.7 Å². The molecular weight excluding hydrogens is 543 g/mol. The van der Waals surface area contributed by atoms with Crippen LogP contribution in [0.25, 0.3) is 16.5 Å². The number of aryl methyl sites for hydroxylation is 1. The average Bonchev–Trinajstić information content (AvgIpc) is 3.73. The van der Waals surface area contributed by atoms with Gasteiger partial charge in [0.15, 0.2) is 11.5 Å². The Bertz CT molecular complexity index is 1620. The van der Waals surface area contributed by atoms with Crippen LogP contribution in [-0.2, 0) is 28.0 Å². The minimum Gasteiger partial charge on any atom is -0.364 e. The molecule has 0 aliphatic carbocycles. The summed E-state index contributed by atoms with van der Waals surface area (Å²) >= 11 is 0. The first-order valence-electron chi connectivity index (χ1n) is 13.8. The van der Waals surface area contributed by atoms with E-state index in [1.165, 1.54) is 14.5 Å². The molecule has 1 unspecified atom stereocenters. The third-order valence-electron chi connectivity index (χ3n) is 7.63. The van der Waals surface area contributed by atoms with Gasteiger partial charge in [-0.25, -0.2) is 4.39 Å². The van der Waals surface area contributed by atoms with Gasteiger partial charge in [0.2, 0.25) is 11.8 Å². The molecule has 5 rings (SSSR count). The number of alkyl halides is 1. The first kappa shape index (κ1) is 28.7. The lowest BCUT2D eigenvalue weighted by Gasteiger charge is -2.25. The number of aromatic nitrogens is 4. The van der Waals surface area contributed by atoms with Gasteiger partial charge in [-0.15, -0.1) is 0 Å². The zero-order valence-corrected chi connectivity index (χ0v) is 23.7. The molecule has 2 aliphatic rings. The number of likely N-dealkylation sites (tertiary alicyclic amines) is 1. The Balaban J connectivity index is 1.33. The summed E-state index contributed by atoms with van der Waals surface area (Å²) in [6.07, 6.45) is 6.25. The smallest absolute Gasteiger partial charge is 0.269 e. The molecule has 0 saturated carbocycles. The lowest BCUT2D eigenvalue weighted by atomic mass is 10.0. The SMILES string of the molecule is CC=CC(=CC)c1ccc2c(c1)c(C(N)=O)nn2CC(=O)N1C[C@H](F)C[C@H]1C(=O)NC1CCN(c2ccn(C)n2)C1=O. The number of fused-ring (bicyclic) bond motifs is 1. The van der Waals surface area contributed by atoms with Crippen molar-refractivity contribution >= 4 is 45.9 Å². The van der Waals surface area contributed by atoms with Crippen LogP contribution in [0.2, 0.25) is 0 Å². The highest BCUT2D eigenvalue weighted by Crippen LogP contribution is 2.27. The first-order valence-corrected chi connectivity index (χ1v) is 13.8. The molecule has 2 saturated heterocycles. The molecule has 1 aromatic carbocycles. The van der Waals surface area contributed by atoms with Crippen LogP contribution in [0, 0.1) is 0 Å². The van der Waals surface area contributed by atoms with Crippen LogP contribution in [0.1, 0.15) is 42.7 Å². The Hall–Kier alpha value is -4.81. The molecule has 0 radical (unpaired) electrons. The fourth-order valence-corrected chi connectivity index (χ4v) is 5.58. The van der Waals surface area contributed by atoms with Gasteiger partial charge in [0.1, 0.15) is 24.8 Å². The number of allylic oxidation sites excluding steroid dienone is 4. The maximum absolute atomic E-state index is 14.6. The van der Waals surface area contributed by atoms with Crippen molar-refractivity contribution in [3.05, 3.63) is 59.9 Å². The van der Waals surface area contributed by atoms with E-state index >= 15 is 0 Å². The number of benzene rings is 1. The molecule has 0 spiro atoms. The van der Waals surface area contributed by atoms with Crippen molar-refractivity contribution in [2.75, 3.05) is 18.0 Å². The molecule has 3 aromatic rings. The first-order chi connectivity index (χ1) is 20.1. The summed E-state index contributed by atoms with van der Waals surface area (Å²) in [6.45, 7) is 3.57. The van der Waals surface area contributed by atoms with Crippen molar-refractivity contribution in [2.24, 2.45) is 12.8 Å². The third-order valence-corrected chi connectivity index (χ3v) is 7.63. The van der Waals surface area contributed by atoms with E-state index in [1.807, 2.05) is 38.1 Å². The molecule has 3 atom stereocenters. The molecule has 0 bridgehead atoms. The van der Waals surface area contributed by atoms with Crippen LogP contribution >= 0.6 is 0 Å². The van der Waals surface area contributed by atoms with Crippen molar-refractivity contribution < 1.29 is 23.6 Å². The summed E-state index contributed by atoms with van der Waals surface area (Å²) in [6, 6.07) is 5.19. The molecule has 12 nitrogen and oxygen atoms in total. The monoisotopic (exact) mass is 576 g/mol. The minimum atomic E-state index is -1.40. The van der Waals surface area contributed by atoms with Gasteiger partial charge in [-0.1, -0.05) is 24.3 Å². The van der Waals surface area contributed by atoms with E-state index in [2.05, 4.69) is 15.5 Å². The number of nitrogens with two attached hydrogens (primary N) is 1. The number of amides is 4. The number of rotatable bonds is 8. The number of hydrogen-bond acceptors (Lipinski definition) is 6. The Morgan fingerprint density at radius 1 is 1.19 bits per heavy atom. The van der Waals surface area contributed by atoms with Gasteiger partial charge in [0.05, 0.1) is 12.1 Å². The second-order valence-corrected chi connectivity index (χ2v) is 10.4. The molecule has 4 heterocycles. The highest BCUT2D eigenvalue weighted by molar-refractivity contribution is 6.05. The van der Waals surface area contributed by atoms with Crippen molar-refractivity contribution in [3.63, 3.8) is 0 Å². The molecule has 2 fully saturated rings. The quantitative estimate of drug-likeness (QED) is 0.390. The Morgan fingerprint density at radius 2 is 1.98 bits per heavy atom. The predicted molar refractivity (Wildman–Crippen MR) is 154 cm³/mol. The molecule has 4 amide bonds. The topological polar surface area (TPSA) is 148 Å². The minimum absolute atomic E-state index is 0.00636. The van der Waals surface area contributed by atoms with E-state index in [-0.39, 0.29) is 31.1 Å². The number of carbonyl (C=O) groups is 4. The molecule has 13 heteroatoms. The summed E-state index contributed by atoms with van der Waals surface area (Å²) in [5.74, 6) is -1.72. The van der Waals surface area contributed by atoms with Crippen molar-refractivity contribution in [1.82, 2.24) is 29.8 Å². The summed E-state index contributed by atoms with van der Waals surface area (Å²) in [7, 11) is 1.74. The van der Waals surface area contributed by atoms with E-state index in [0.717, 1.165) is 11.1 Å². The summed E-state index contributed by atoms with van der Waals surface area (Å²) in [5, 5.41) is 11.7. The zero-order valence-electron chi connectivity index (χ0n) is 23.7. The van der Waals surface area contributed by atoms with Gasteiger partial charge < -0.3 is 16.0 Å². The number of nitrogens with zero attached hydrogens (tertiary/aromatic N) is 6. The number of anilines is 1. The maximum Gasteiger partial charge on any atom is 0.269 e. The van der Waals surface area contributed by atoms with Gasteiger partial charge in [0.25, 0.3) is 11.8 Å². The van der Waals surface area contributed by atoms with Crippen LogP contribution in [-0.4, -0.2) is 79.4 Å². The van der Waals surface area contributed by atoms with E-state index < -0.39 is 36.0 Å². The fraction of sp³-hybridized carbons (Fsp3) is 0.379. The van der Waals surface area contributed by atoms with E-state index in [4.69, 9.17) is 5.73 Å². The van der Waals surface area contributed by atoms with Crippen molar-refractivity contribution in [2.45, 2.75) is 51.5 Å². The highest BCUT2D eigenvalue weighted by Gasteiger charge is 2.42. The van der Waals surface area contributed by atoms with Gasteiger partial charge in [-0.2, -0.15) is 10.2 Å². The van der Waals surface area contributed by atoms with Gasteiger partial charge >= 0.3 is 0 Å². The van der Waals surface area contributed by atoms with E-state index in [9.17, 15) is 23.6 Å². The molecule has 2 aliphatic heterocycles. The van der Waals surface area contributed by atoms with Gasteiger partial charge in [-0.05, 0) is 43.5 Å². The summed E-state index contributed by atoms with van der Waals surface area (Å²) in [5.41, 5.74) is 7.89. The highest BCUT2D eigenvalue weighted by atomic mass is 19.1. The lowest BCUT2D eigenvalue weighted by Crippen LogP contribution is -2.51. The average molecular weight is 577 g/mol. The Kier molecular flexibility index (Phi) is 7.92. The predicted octanol–water partition coefficient (Wildman–Crippen LogP) is 1.71. The number of hydrogen-bond donors (Lipinski definition) is 2. The number of halogens is 1. The molecule has 3 N–H and O–H groups in total. The number of nitrogens with one attached hydrogen (secondary N) is 1. The van der Waals surface area contributed by atoms with Crippen LogP contribution < -0.4 is 16.0 Å². The third kappa shape index (κ3) is 5.41. The van der Waals surface area contributed by atoms with Crippen LogP contribution in [0.4, 0.5) is 10.2 Å². The molecule has 42 heavy (non-hydrogen) atoms. The second kappa shape index (κ2) is 11.6. The van der Waals surface area contributed by atoms with E-state index in [1.54, 1.807) is 36.1 Å². The Labute approximate surface area is 241 Å². The van der Waals surface area contributed by atoms with Gasteiger partial charge in [-0.3, -0.25) is 33.4 Å². The molecule has 2 aromatic heterocycles. The largest absolute Gasteiger partial charge is 0.364 e. The number of primary amides is 1. The standard InChI is InChI=1S/C29H33FN8O4/c1-4-6-17(5-2)18-7-8-22-20(13-18)26(27(31)40)34-38(22)16-25(39)37-15-19(30)14-23(37)28(41)32-21-9-12-36(29(21)42)24-10-11-35(3)33-24/h4-8,10-11,13,19,21,23H,9,12,14-16H2,1-3H3,(H2,31,40)(H,32,41)/t19-,21?,23+/m1/s1. The second-order valence-electron chi connectivity index (χ2n) is 10.4. The van der Waals surface area contributed by atoms with Crippen molar-refractivity contribution in [3.8, 4) is 0 Å². The normalized spacial score (nSPS) is 21.2. The van der Waals surface area contributed by atoms with Crippen LogP contribution in [0.3, 0.4) is 0 Å². The van der Waals surface area contributed by atoms with Crippen molar-refractivity contribution in [1.29, 1.82) is 0 Å². The maximum atomic E-state index is 14.6. The van der Waals surface area contributed by atoms with Gasteiger partial charge in [0, 0.05) is 37.7 Å². The lowest BCUT2D eigenvalue weighted by molar-refractivity contribution is -0.139.